The van der Waals surface area contributed by atoms with E-state index >= 15 is 0 Å². The minimum absolute atomic E-state index is 0.108. The summed E-state index contributed by atoms with van der Waals surface area (Å²) in [6.07, 6.45) is 1.75. The Morgan fingerprint density at radius 1 is 1.26 bits per heavy atom. The standard InChI is InChI=1S/C18H18F2N4O3/c1-3-27-15(25)10-24-14(8-7-11-5-4-6-13(19)16(11)20)21-18(26)12-9-23(2)22-17(12)24/h4-6,9H,3,7-8,10H2,1-2H3. The second-order valence-electron chi connectivity index (χ2n) is 5.98. The third-order valence-corrected chi connectivity index (χ3v) is 4.08. The number of ether oxygens (including phenoxy) is 1. The second kappa shape index (κ2) is 7.65. The van der Waals surface area contributed by atoms with Crippen LogP contribution in [0.1, 0.15) is 18.3 Å². The first-order valence-corrected chi connectivity index (χ1v) is 8.42. The zero-order valence-corrected chi connectivity index (χ0v) is 14.9. The van der Waals surface area contributed by atoms with E-state index in [1.54, 1.807) is 14.0 Å². The molecule has 0 fully saturated rings. The molecule has 7 nitrogen and oxygen atoms in total. The van der Waals surface area contributed by atoms with Gasteiger partial charge in [0.2, 0.25) is 0 Å². The number of hydrogen-bond donors (Lipinski definition) is 0. The molecule has 0 N–H and O–H groups in total. The lowest BCUT2D eigenvalue weighted by Crippen LogP contribution is -2.23. The van der Waals surface area contributed by atoms with Gasteiger partial charge < -0.3 is 9.30 Å². The molecule has 142 valence electrons. The van der Waals surface area contributed by atoms with Gasteiger partial charge >= 0.3 is 5.97 Å². The first kappa shape index (κ1) is 18.7. The van der Waals surface area contributed by atoms with E-state index in [4.69, 9.17) is 4.74 Å². The smallest absolute Gasteiger partial charge is 0.326 e. The number of fused-ring (bicyclic) bond motifs is 1. The third kappa shape index (κ3) is 3.86. The number of benzene rings is 1. The van der Waals surface area contributed by atoms with Crippen LogP contribution in [0.3, 0.4) is 0 Å². The van der Waals surface area contributed by atoms with Crippen LogP contribution in [0.15, 0.2) is 29.2 Å². The zero-order valence-electron chi connectivity index (χ0n) is 14.9. The molecule has 3 rings (SSSR count). The van der Waals surface area contributed by atoms with Crippen molar-refractivity contribution in [1.82, 2.24) is 19.3 Å². The summed E-state index contributed by atoms with van der Waals surface area (Å²) in [6.45, 7) is 1.71. The van der Waals surface area contributed by atoms with Crippen LogP contribution >= 0.6 is 0 Å². The van der Waals surface area contributed by atoms with E-state index in [9.17, 15) is 18.4 Å². The maximum absolute atomic E-state index is 13.9. The Morgan fingerprint density at radius 2 is 2.04 bits per heavy atom. The molecule has 0 aliphatic carbocycles. The highest BCUT2D eigenvalue weighted by Gasteiger charge is 2.18. The maximum Gasteiger partial charge on any atom is 0.326 e. The first-order chi connectivity index (χ1) is 12.9. The molecule has 2 aromatic heterocycles. The number of aryl methyl sites for hydroxylation is 3. The molecule has 27 heavy (non-hydrogen) atoms. The topological polar surface area (TPSA) is 79.0 Å². The highest BCUT2D eigenvalue weighted by molar-refractivity contribution is 5.76. The van der Waals surface area contributed by atoms with Crippen molar-refractivity contribution in [2.45, 2.75) is 26.3 Å². The van der Waals surface area contributed by atoms with Gasteiger partial charge in [0.1, 0.15) is 17.8 Å². The number of carbonyl (C=O) groups excluding carboxylic acids is 1. The summed E-state index contributed by atoms with van der Waals surface area (Å²) in [5.41, 5.74) is -0.0405. The molecule has 0 radical (unpaired) electrons. The lowest BCUT2D eigenvalue weighted by atomic mass is 10.1. The lowest BCUT2D eigenvalue weighted by molar-refractivity contribution is -0.143. The van der Waals surface area contributed by atoms with Crippen molar-refractivity contribution in [1.29, 1.82) is 0 Å². The monoisotopic (exact) mass is 376 g/mol. The van der Waals surface area contributed by atoms with Gasteiger partial charge in [0.05, 0.1) is 6.61 Å². The van der Waals surface area contributed by atoms with Crippen LogP contribution in [0.4, 0.5) is 8.78 Å². The van der Waals surface area contributed by atoms with Gasteiger partial charge in [0.15, 0.2) is 17.3 Å². The highest BCUT2D eigenvalue weighted by atomic mass is 19.2. The van der Waals surface area contributed by atoms with E-state index in [1.165, 1.54) is 27.6 Å². The number of aromatic nitrogens is 4. The molecule has 0 bridgehead atoms. The van der Waals surface area contributed by atoms with Gasteiger partial charge in [0, 0.05) is 19.7 Å². The predicted molar refractivity (Wildman–Crippen MR) is 93.2 cm³/mol. The second-order valence-corrected chi connectivity index (χ2v) is 5.98. The van der Waals surface area contributed by atoms with Crippen molar-refractivity contribution in [3.63, 3.8) is 0 Å². The summed E-state index contributed by atoms with van der Waals surface area (Å²) in [4.78, 5) is 28.3. The molecule has 0 aliphatic rings. The van der Waals surface area contributed by atoms with E-state index in [-0.39, 0.29) is 42.8 Å². The SMILES string of the molecule is CCOC(=O)Cn1c(CCc2cccc(F)c2F)nc(=O)c2cn(C)nc21. The van der Waals surface area contributed by atoms with E-state index in [1.807, 2.05) is 0 Å². The van der Waals surface area contributed by atoms with Gasteiger partial charge in [-0.2, -0.15) is 10.1 Å². The van der Waals surface area contributed by atoms with E-state index in [2.05, 4.69) is 10.1 Å². The molecular formula is C18H18F2N4O3. The van der Waals surface area contributed by atoms with Crippen LogP contribution in [-0.4, -0.2) is 31.9 Å². The molecule has 0 saturated heterocycles. The minimum Gasteiger partial charge on any atom is -0.465 e. The van der Waals surface area contributed by atoms with E-state index < -0.39 is 23.2 Å². The van der Waals surface area contributed by atoms with E-state index in [0.717, 1.165) is 6.07 Å². The van der Waals surface area contributed by atoms with Crippen LogP contribution < -0.4 is 5.56 Å². The molecule has 0 unspecified atom stereocenters. The Kier molecular flexibility index (Phi) is 5.29. The van der Waals surface area contributed by atoms with Crippen molar-refractivity contribution in [2.75, 3.05) is 6.61 Å². The average molecular weight is 376 g/mol. The normalized spacial score (nSPS) is 11.1. The average Bonchev–Trinajstić information content (AvgIpc) is 3.01. The Bertz CT molecular complexity index is 1060. The fourth-order valence-electron chi connectivity index (χ4n) is 2.87. The third-order valence-electron chi connectivity index (χ3n) is 4.08. The highest BCUT2D eigenvalue weighted by Crippen LogP contribution is 2.15. The Labute approximate surface area is 153 Å². The summed E-state index contributed by atoms with van der Waals surface area (Å²) < 4.78 is 35.2. The van der Waals surface area contributed by atoms with E-state index in [0.29, 0.717) is 5.65 Å². The van der Waals surface area contributed by atoms with Crippen molar-refractivity contribution < 1.29 is 18.3 Å². The number of rotatable bonds is 6. The molecule has 0 aliphatic heterocycles. The van der Waals surface area contributed by atoms with Crippen molar-refractivity contribution >= 4 is 17.0 Å². The van der Waals surface area contributed by atoms with Crippen molar-refractivity contribution in [3.05, 3.63) is 57.8 Å². The fraction of sp³-hybridized carbons (Fsp3) is 0.333. The summed E-state index contributed by atoms with van der Waals surface area (Å²) in [5, 5.41) is 4.50. The van der Waals surface area contributed by atoms with Gasteiger partial charge in [-0.25, -0.2) is 8.78 Å². The van der Waals surface area contributed by atoms with Crippen molar-refractivity contribution in [2.24, 2.45) is 7.05 Å². The Morgan fingerprint density at radius 3 is 2.78 bits per heavy atom. The quantitative estimate of drug-likeness (QED) is 0.613. The van der Waals surface area contributed by atoms with Crippen LogP contribution in [-0.2, 0) is 36.0 Å². The van der Waals surface area contributed by atoms with Crippen LogP contribution in [0.25, 0.3) is 11.0 Å². The van der Waals surface area contributed by atoms with Gasteiger partial charge in [-0.15, -0.1) is 0 Å². The van der Waals surface area contributed by atoms with Crippen molar-refractivity contribution in [3.8, 4) is 0 Å². The van der Waals surface area contributed by atoms with Gasteiger partial charge in [-0.05, 0) is 25.0 Å². The fourth-order valence-corrected chi connectivity index (χ4v) is 2.87. The molecular weight excluding hydrogens is 358 g/mol. The first-order valence-electron chi connectivity index (χ1n) is 8.42. The molecule has 1 aromatic carbocycles. The maximum atomic E-state index is 13.9. The summed E-state index contributed by atoms with van der Waals surface area (Å²) in [7, 11) is 1.65. The van der Waals surface area contributed by atoms with Crippen LogP contribution in [0.5, 0.6) is 0 Å². The molecule has 0 atom stereocenters. The largest absolute Gasteiger partial charge is 0.465 e. The molecule has 0 spiro atoms. The predicted octanol–water partition coefficient (Wildman–Crippen LogP) is 1.76. The van der Waals surface area contributed by atoms with Crippen LogP contribution in [0, 0.1) is 11.6 Å². The number of hydrogen-bond acceptors (Lipinski definition) is 5. The molecule has 2 heterocycles. The molecule has 9 heteroatoms. The number of esters is 1. The number of carbonyl (C=O) groups is 1. The lowest BCUT2D eigenvalue weighted by Gasteiger charge is -2.13. The zero-order chi connectivity index (χ0) is 19.6. The van der Waals surface area contributed by atoms with Crippen LogP contribution in [0.2, 0.25) is 0 Å². The number of halogens is 2. The summed E-state index contributed by atoms with van der Waals surface area (Å²) in [6, 6.07) is 3.91. The minimum atomic E-state index is -0.940. The number of nitrogens with zero attached hydrogens (tertiary/aromatic N) is 4. The summed E-state index contributed by atoms with van der Waals surface area (Å²) in [5.74, 6) is -2.13. The van der Waals surface area contributed by atoms with Gasteiger partial charge in [-0.1, -0.05) is 12.1 Å². The molecule has 3 aromatic rings. The van der Waals surface area contributed by atoms with Gasteiger partial charge in [-0.3, -0.25) is 14.3 Å². The summed E-state index contributed by atoms with van der Waals surface area (Å²) >= 11 is 0. The Hall–Kier alpha value is -3.10. The Balaban J connectivity index is 2.01. The molecule has 0 amide bonds. The van der Waals surface area contributed by atoms with Gasteiger partial charge in [0.25, 0.3) is 5.56 Å². The molecule has 0 saturated carbocycles.